The Labute approximate surface area is 433 Å². The SMILES string of the molecule is CC(C)N(C)[C@@H]1CC[C@H](N2CC[C@H](Nc3ncnc4ccc(C(F)(F)F)cc34)C2=O)[C@H](NC(=O)CCCCCCCCNCCOCCOCCOCCOCCNC(=O)[C@H]2CC(=O)N(C)[C@@H]2c2cccnc2)C1. The Morgan fingerprint density at radius 2 is 1.54 bits per heavy atom. The van der Waals surface area contributed by atoms with Crippen molar-refractivity contribution >= 4 is 40.3 Å². The van der Waals surface area contributed by atoms with E-state index in [2.05, 4.69) is 62.0 Å². The average molecular weight is 1040 g/mol. The van der Waals surface area contributed by atoms with Crippen LogP contribution in [0, 0.1) is 5.92 Å². The van der Waals surface area contributed by atoms with Gasteiger partial charge < -0.3 is 54.9 Å². The van der Waals surface area contributed by atoms with Crippen LogP contribution < -0.4 is 21.3 Å². The number of carbonyl (C=O) groups excluding carboxylic acids is 4. The molecule has 74 heavy (non-hydrogen) atoms. The van der Waals surface area contributed by atoms with E-state index >= 15 is 0 Å². The molecule has 3 aliphatic rings. The second kappa shape index (κ2) is 29.9. The number of alkyl halides is 3. The summed E-state index contributed by atoms with van der Waals surface area (Å²) < 4.78 is 63.1. The number of ether oxygens (including phenoxy) is 4. The molecular weight excluding hydrogens is 962 g/mol. The van der Waals surface area contributed by atoms with Gasteiger partial charge in [0.05, 0.1) is 88.0 Å². The molecule has 1 aliphatic carbocycles. The predicted molar refractivity (Wildman–Crippen MR) is 274 cm³/mol. The van der Waals surface area contributed by atoms with Crippen molar-refractivity contribution in [1.29, 1.82) is 0 Å². The normalized spacial score (nSPS) is 21.4. The number of aromatic nitrogens is 3. The van der Waals surface area contributed by atoms with E-state index in [9.17, 15) is 32.3 Å². The quantitative estimate of drug-likeness (QED) is 0.0570. The molecule has 0 bridgehead atoms. The molecule has 4 N–H and O–H groups in total. The molecule has 4 amide bonds. The topological polar surface area (TPSA) is 202 Å². The maximum atomic E-state index is 14.0. The molecule has 18 nitrogen and oxygen atoms in total. The number of rotatable bonds is 32. The smallest absolute Gasteiger partial charge is 0.378 e. The van der Waals surface area contributed by atoms with Gasteiger partial charge in [-0.2, -0.15) is 13.2 Å². The minimum absolute atomic E-state index is 0.00467. The third-order valence-corrected chi connectivity index (χ3v) is 14.5. The summed E-state index contributed by atoms with van der Waals surface area (Å²) >= 11 is 0. The summed E-state index contributed by atoms with van der Waals surface area (Å²) in [5.74, 6) is -0.670. The van der Waals surface area contributed by atoms with E-state index in [-0.39, 0.29) is 65.4 Å². The monoisotopic (exact) mass is 1040 g/mol. The molecule has 4 heterocycles. The first-order valence-electron chi connectivity index (χ1n) is 26.6. The van der Waals surface area contributed by atoms with Crippen molar-refractivity contribution in [1.82, 2.24) is 45.6 Å². The highest BCUT2D eigenvalue weighted by atomic mass is 19.4. The zero-order valence-electron chi connectivity index (χ0n) is 43.7. The Kier molecular flexibility index (Phi) is 23.5. The van der Waals surface area contributed by atoms with Crippen molar-refractivity contribution in [3.05, 3.63) is 60.2 Å². The van der Waals surface area contributed by atoms with Gasteiger partial charge in [-0.05, 0) is 95.8 Å². The summed E-state index contributed by atoms with van der Waals surface area (Å²) in [6.07, 6.45) is 9.59. The number of nitrogens with one attached hydrogen (secondary N) is 4. The van der Waals surface area contributed by atoms with Crippen LogP contribution in [0.25, 0.3) is 10.9 Å². The van der Waals surface area contributed by atoms with Crippen LogP contribution in [0.15, 0.2) is 49.1 Å². The van der Waals surface area contributed by atoms with Gasteiger partial charge in [-0.1, -0.05) is 31.7 Å². The third-order valence-electron chi connectivity index (χ3n) is 14.5. The molecule has 3 fully saturated rings. The first kappa shape index (κ1) is 58.2. The van der Waals surface area contributed by atoms with Gasteiger partial charge in [-0.3, -0.25) is 24.2 Å². The van der Waals surface area contributed by atoms with E-state index < -0.39 is 23.7 Å². The van der Waals surface area contributed by atoms with Crippen molar-refractivity contribution in [2.24, 2.45) is 5.92 Å². The molecule has 0 spiro atoms. The fraction of sp³-hybridized carbons (Fsp3) is 0.679. The molecule has 6 rings (SSSR count). The Hall–Kier alpha value is -5.06. The molecule has 1 aromatic carbocycles. The number of halogens is 3. The fourth-order valence-corrected chi connectivity index (χ4v) is 10.2. The van der Waals surface area contributed by atoms with E-state index in [1.807, 2.05) is 11.0 Å². The zero-order valence-corrected chi connectivity index (χ0v) is 43.7. The highest BCUT2D eigenvalue weighted by molar-refractivity contribution is 5.93. The van der Waals surface area contributed by atoms with Crippen LogP contribution in [0.2, 0.25) is 0 Å². The van der Waals surface area contributed by atoms with Crippen LogP contribution >= 0.6 is 0 Å². The van der Waals surface area contributed by atoms with Crippen molar-refractivity contribution in [2.45, 2.75) is 133 Å². The molecule has 2 aromatic heterocycles. The van der Waals surface area contributed by atoms with Gasteiger partial charge in [-0.25, -0.2) is 9.97 Å². The molecule has 2 saturated heterocycles. The number of fused-ring (bicyclic) bond motifs is 1. The Balaban J connectivity index is 0.745. The van der Waals surface area contributed by atoms with Crippen molar-refractivity contribution in [3.63, 3.8) is 0 Å². The number of amides is 4. The van der Waals surface area contributed by atoms with Crippen LogP contribution in [-0.2, 0) is 44.3 Å². The van der Waals surface area contributed by atoms with E-state index in [4.69, 9.17) is 18.9 Å². The van der Waals surface area contributed by atoms with Gasteiger partial charge in [0, 0.05) is 69.4 Å². The second-order valence-electron chi connectivity index (χ2n) is 19.8. The summed E-state index contributed by atoms with van der Waals surface area (Å²) in [4.78, 5) is 70.8. The minimum atomic E-state index is -4.53. The summed E-state index contributed by atoms with van der Waals surface area (Å²) in [6, 6.07) is 6.19. The lowest BCUT2D eigenvalue weighted by molar-refractivity contribution is -0.137. The summed E-state index contributed by atoms with van der Waals surface area (Å²) in [5.41, 5.74) is 0.382. The van der Waals surface area contributed by atoms with Crippen LogP contribution in [0.4, 0.5) is 19.0 Å². The molecule has 6 atom stereocenters. The lowest BCUT2D eigenvalue weighted by atomic mass is 9.84. The molecule has 0 unspecified atom stereocenters. The molecule has 1 saturated carbocycles. The number of hydrogen-bond acceptors (Lipinski definition) is 14. The van der Waals surface area contributed by atoms with Gasteiger partial charge in [0.15, 0.2) is 0 Å². The van der Waals surface area contributed by atoms with Crippen LogP contribution in [0.5, 0.6) is 0 Å². The number of unbranched alkanes of at least 4 members (excludes halogenated alkanes) is 5. The van der Waals surface area contributed by atoms with Crippen molar-refractivity contribution in [3.8, 4) is 0 Å². The molecule has 3 aromatic rings. The Morgan fingerprint density at radius 1 is 0.851 bits per heavy atom. The van der Waals surface area contributed by atoms with Gasteiger partial charge in [0.25, 0.3) is 0 Å². The second-order valence-corrected chi connectivity index (χ2v) is 19.8. The summed E-state index contributed by atoms with van der Waals surface area (Å²) in [5, 5.41) is 13.0. The van der Waals surface area contributed by atoms with E-state index in [1.54, 1.807) is 30.4 Å². The van der Waals surface area contributed by atoms with Gasteiger partial charge in [0.2, 0.25) is 23.6 Å². The number of anilines is 1. The van der Waals surface area contributed by atoms with Crippen LogP contribution in [0.1, 0.15) is 108 Å². The van der Waals surface area contributed by atoms with Crippen molar-refractivity contribution < 1.29 is 51.3 Å². The fourth-order valence-electron chi connectivity index (χ4n) is 10.2. The van der Waals surface area contributed by atoms with E-state index in [0.717, 1.165) is 88.6 Å². The molecular formula is C53H79F3N10O8. The maximum Gasteiger partial charge on any atom is 0.416 e. The third kappa shape index (κ3) is 17.5. The molecule has 2 aliphatic heterocycles. The minimum Gasteiger partial charge on any atom is -0.378 e. The lowest BCUT2D eigenvalue weighted by Gasteiger charge is -2.44. The summed E-state index contributed by atoms with van der Waals surface area (Å²) in [7, 11) is 3.82. The average Bonchev–Trinajstić information content (AvgIpc) is 3.90. The van der Waals surface area contributed by atoms with Gasteiger partial charge in [-0.15, -0.1) is 0 Å². The van der Waals surface area contributed by atoms with Crippen LogP contribution in [0.3, 0.4) is 0 Å². The number of pyridine rings is 1. The largest absolute Gasteiger partial charge is 0.416 e. The first-order valence-corrected chi connectivity index (χ1v) is 26.6. The maximum absolute atomic E-state index is 14.0. The van der Waals surface area contributed by atoms with Crippen LogP contribution in [-0.4, -0.2) is 177 Å². The predicted octanol–water partition coefficient (Wildman–Crippen LogP) is 5.53. The first-order chi connectivity index (χ1) is 35.7. The number of likely N-dealkylation sites (tertiary alicyclic amines) is 2. The zero-order chi connectivity index (χ0) is 52.9. The standard InChI is InChI=1S/C53H79F3N10O8/c1-37(2)64(3)40-15-17-46(66-23-18-44(52(66)70)63-50-41-32-39(53(54,55)56)14-16-43(41)60-36-61-50)45(33-40)62-47(67)13-9-7-5-6-8-10-19-57-21-24-71-26-28-73-30-31-74-29-27-72-25-22-59-51(69)42-34-48(68)65(4)49(42)38-12-11-20-58-35-38/h11-12,14,16,20,32,35-37,40,42,44-46,49,57H,5-10,13,15,17-19,21-31,33-34H2,1-4H3,(H,59,69)(H,62,67)(H,60,61,63)/t40-,42+,44+,45-,46+,49-/m1/s1. The highest BCUT2D eigenvalue weighted by Gasteiger charge is 2.44. The van der Waals surface area contributed by atoms with Gasteiger partial charge >= 0.3 is 6.18 Å². The molecule has 21 heteroatoms. The van der Waals surface area contributed by atoms with Gasteiger partial charge in [0.1, 0.15) is 18.2 Å². The molecule has 0 radical (unpaired) electrons. The highest BCUT2D eigenvalue weighted by Crippen LogP contribution is 2.37. The Bertz CT molecular complexity index is 2210. The van der Waals surface area contributed by atoms with E-state index in [0.29, 0.717) is 90.3 Å². The number of benzene rings is 1. The summed E-state index contributed by atoms with van der Waals surface area (Å²) in [6.45, 7) is 10.4. The lowest BCUT2D eigenvalue weighted by Crippen LogP contribution is -2.58. The number of nitrogens with zero attached hydrogens (tertiary/aromatic N) is 6. The van der Waals surface area contributed by atoms with Crippen molar-refractivity contribution in [2.75, 3.05) is 98.4 Å². The number of carbonyl (C=O) groups is 4. The van der Waals surface area contributed by atoms with E-state index in [1.165, 1.54) is 12.4 Å². The Morgan fingerprint density at radius 3 is 2.23 bits per heavy atom. The number of hydrogen-bond donors (Lipinski definition) is 4. The molecule has 410 valence electrons.